The van der Waals surface area contributed by atoms with Crippen molar-refractivity contribution in [3.8, 4) is 0 Å². The summed E-state index contributed by atoms with van der Waals surface area (Å²) in [5.74, 6) is -0.183. The quantitative estimate of drug-likeness (QED) is 0.781. The fourth-order valence-corrected chi connectivity index (χ4v) is 3.49. The van der Waals surface area contributed by atoms with Gasteiger partial charge in [-0.05, 0) is 24.5 Å². The third-order valence-electron chi connectivity index (χ3n) is 5.01. The van der Waals surface area contributed by atoms with Crippen molar-refractivity contribution >= 4 is 17.7 Å². The molecule has 1 aliphatic rings. The van der Waals surface area contributed by atoms with Crippen molar-refractivity contribution in [3.63, 3.8) is 0 Å². The van der Waals surface area contributed by atoms with Crippen LogP contribution in [0.15, 0.2) is 43.0 Å². The fourth-order valence-electron chi connectivity index (χ4n) is 3.49. The van der Waals surface area contributed by atoms with Gasteiger partial charge in [-0.2, -0.15) is 0 Å². The van der Waals surface area contributed by atoms with E-state index in [0.29, 0.717) is 39.0 Å². The van der Waals surface area contributed by atoms with Crippen molar-refractivity contribution in [1.29, 1.82) is 0 Å². The molecule has 1 saturated heterocycles. The summed E-state index contributed by atoms with van der Waals surface area (Å²) < 4.78 is 0. The summed E-state index contributed by atoms with van der Waals surface area (Å²) in [6.45, 7) is 6.90. The Balaban J connectivity index is 2.20. The van der Waals surface area contributed by atoms with E-state index in [1.807, 2.05) is 30.3 Å². The van der Waals surface area contributed by atoms with Crippen molar-refractivity contribution in [1.82, 2.24) is 15.1 Å². The van der Waals surface area contributed by atoms with E-state index in [-0.39, 0.29) is 17.7 Å². The van der Waals surface area contributed by atoms with E-state index in [1.54, 1.807) is 16.8 Å². The first-order valence-corrected chi connectivity index (χ1v) is 8.87. The molecule has 0 unspecified atom stereocenters. The normalized spacial score (nSPS) is 15.8. The molecule has 1 aromatic rings. The molecule has 1 aliphatic heterocycles. The first kappa shape index (κ1) is 19.7. The van der Waals surface area contributed by atoms with Crippen LogP contribution in [0.1, 0.15) is 25.3 Å². The highest BCUT2D eigenvalue weighted by Gasteiger charge is 2.44. The van der Waals surface area contributed by atoms with E-state index in [4.69, 9.17) is 0 Å². The van der Waals surface area contributed by atoms with Crippen molar-refractivity contribution < 1.29 is 14.4 Å². The summed E-state index contributed by atoms with van der Waals surface area (Å²) >= 11 is 0. The highest BCUT2D eigenvalue weighted by atomic mass is 16.2. The number of benzene rings is 1. The monoisotopic (exact) mass is 357 g/mol. The molecule has 0 spiro atoms. The molecule has 0 aromatic heterocycles. The van der Waals surface area contributed by atoms with Gasteiger partial charge in [0.2, 0.25) is 17.7 Å². The summed E-state index contributed by atoms with van der Waals surface area (Å²) in [7, 11) is 1.76. The second-order valence-corrected chi connectivity index (χ2v) is 6.69. The standard InChI is InChI=1S/C20H27N3O3/c1-4-18(25)23-13-10-20(11-14-23,17-8-6-5-7-9-17)19(26)22(3)15-12-21-16(2)24/h4-9H,1,10-15H2,2-3H3,(H,21,24). The van der Waals surface area contributed by atoms with Crippen LogP contribution in [-0.4, -0.2) is 60.7 Å². The molecule has 6 nitrogen and oxygen atoms in total. The Morgan fingerprint density at radius 2 is 1.85 bits per heavy atom. The molecular formula is C20H27N3O3. The molecule has 26 heavy (non-hydrogen) atoms. The van der Waals surface area contributed by atoms with Crippen LogP contribution in [0.25, 0.3) is 0 Å². The number of likely N-dealkylation sites (N-methyl/N-ethyl adjacent to an activating group) is 1. The van der Waals surface area contributed by atoms with Gasteiger partial charge in [0.15, 0.2) is 0 Å². The zero-order valence-electron chi connectivity index (χ0n) is 15.5. The molecule has 0 saturated carbocycles. The maximum atomic E-state index is 13.3. The molecule has 0 aliphatic carbocycles. The summed E-state index contributed by atoms with van der Waals surface area (Å²) in [5, 5.41) is 2.72. The van der Waals surface area contributed by atoms with Gasteiger partial charge in [0.25, 0.3) is 0 Å². The maximum Gasteiger partial charge on any atom is 0.245 e. The Morgan fingerprint density at radius 3 is 2.38 bits per heavy atom. The predicted octanol–water partition coefficient (Wildman–Crippen LogP) is 1.33. The topological polar surface area (TPSA) is 69.7 Å². The zero-order valence-corrected chi connectivity index (χ0v) is 15.5. The summed E-state index contributed by atoms with van der Waals surface area (Å²) in [4.78, 5) is 39.7. The second-order valence-electron chi connectivity index (χ2n) is 6.69. The van der Waals surface area contributed by atoms with Crippen LogP contribution in [0.3, 0.4) is 0 Å². The minimum atomic E-state index is -0.649. The number of nitrogens with one attached hydrogen (secondary N) is 1. The van der Waals surface area contributed by atoms with Gasteiger partial charge in [-0.1, -0.05) is 36.9 Å². The average Bonchev–Trinajstić information content (AvgIpc) is 2.67. The third kappa shape index (κ3) is 4.31. The second kappa shape index (κ2) is 8.65. The minimum absolute atomic E-state index is 0.0276. The van der Waals surface area contributed by atoms with E-state index in [0.717, 1.165) is 5.56 Å². The molecular weight excluding hydrogens is 330 g/mol. The van der Waals surface area contributed by atoms with Crippen LogP contribution < -0.4 is 5.32 Å². The molecule has 3 amide bonds. The van der Waals surface area contributed by atoms with Gasteiger partial charge < -0.3 is 15.1 Å². The Hall–Kier alpha value is -2.63. The van der Waals surface area contributed by atoms with E-state index >= 15 is 0 Å². The van der Waals surface area contributed by atoms with Gasteiger partial charge in [0.1, 0.15) is 0 Å². The highest BCUT2D eigenvalue weighted by Crippen LogP contribution is 2.37. The largest absolute Gasteiger partial charge is 0.355 e. The molecule has 1 fully saturated rings. The van der Waals surface area contributed by atoms with Crippen molar-refractivity contribution in [2.24, 2.45) is 0 Å². The fraction of sp³-hybridized carbons (Fsp3) is 0.450. The van der Waals surface area contributed by atoms with Crippen molar-refractivity contribution in [2.75, 3.05) is 33.2 Å². The van der Waals surface area contributed by atoms with Gasteiger partial charge in [0, 0.05) is 40.2 Å². The predicted molar refractivity (Wildman–Crippen MR) is 100 cm³/mol. The lowest BCUT2D eigenvalue weighted by molar-refractivity contribution is -0.140. The summed E-state index contributed by atoms with van der Waals surface area (Å²) in [5.41, 5.74) is 0.326. The molecule has 0 bridgehead atoms. The summed E-state index contributed by atoms with van der Waals surface area (Å²) in [6, 6.07) is 9.75. The van der Waals surface area contributed by atoms with Crippen LogP contribution in [0.5, 0.6) is 0 Å². The SMILES string of the molecule is C=CC(=O)N1CCC(C(=O)N(C)CCNC(C)=O)(c2ccccc2)CC1. The molecule has 0 atom stereocenters. The number of piperidine rings is 1. The highest BCUT2D eigenvalue weighted by molar-refractivity contribution is 5.90. The van der Waals surface area contributed by atoms with E-state index in [2.05, 4.69) is 11.9 Å². The Morgan fingerprint density at radius 1 is 1.23 bits per heavy atom. The van der Waals surface area contributed by atoms with Gasteiger partial charge >= 0.3 is 0 Å². The molecule has 6 heteroatoms. The third-order valence-corrected chi connectivity index (χ3v) is 5.01. The molecule has 1 N–H and O–H groups in total. The average molecular weight is 357 g/mol. The summed E-state index contributed by atoms with van der Waals surface area (Å²) in [6.07, 6.45) is 2.46. The number of hydrogen-bond donors (Lipinski definition) is 1. The van der Waals surface area contributed by atoms with Gasteiger partial charge in [-0.3, -0.25) is 14.4 Å². The van der Waals surface area contributed by atoms with Crippen LogP contribution in [0.4, 0.5) is 0 Å². The van der Waals surface area contributed by atoms with Crippen molar-refractivity contribution in [3.05, 3.63) is 48.6 Å². The lowest BCUT2D eigenvalue weighted by atomic mass is 9.71. The smallest absolute Gasteiger partial charge is 0.245 e. The molecule has 1 aromatic carbocycles. The van der Waals surface area contributed by atoms with Gasteiger partial charge in [0.05, 0.1) is 5.41 Å². The van der Waals surface area contributed by atoms with Crippen molar-refractivity contribution in [2.45, 2.75) is 25.2 Å². The number of amides is 3. The lowest BCUT2D eigenvalue weighted by Crippen LogP contribution is -2.53. The molecule has 140 valence electrons. The van der Waals surface area contributed by atoms with Crippen LogP contribution in [-0.2, 0) is 19.8 Å². The van der Waals surface area contributed by atoms with E-state index < -0.39 is 5.41 Å². The number of likely N-dealkylation sites (tertiary alicyclic amines) is 1. The number of rotatable bonds is 6. The minimum Gasteiger partial charge on any atom is -0.355 e. The molecule has 0 radical (unpaired) electrons. The van der Waals surface area contributed by atoms with Crippen LogP contribution in [0, 0.1) is 0 Å². The maximum absolute atomic E-state index is 13.3. The Bertz CT molecular complexity index is 664. The van der Waals surface area contributed by atoms with E-state index in [9.17, 15) is 14.4 Å². The number of nitrogens with zero attached hydrogens (tertiary/aromatic N) is 2. The van der Waals surface area contributed by atoms with Crippen LogP contribution in [0.2, 0.25) is 0 Å². The number of carbonyl (C=O) groups is 3. The van der Waals surface area contributed by atoms with Gasteiger partial charge in [-0.15, -0.1) is 0 Å². The Kier molecular flexibility index (Phi) is 6.55. The lowest BCUT2D eigenvalue weighted by Gasteiger charge is -2.42. The van der Waals surface area contributed by atoms with Crippen LogP contribution >= 0.6 is 0 Å². The molecule has 1 heterocycles. The zero-order chi connectivity index (χ0) is 19.2. The number of hydrogen-bond acceptors (Lipinski definition) is 3. The molecule has 2 rings (SSSR count). The Labute approximate surface area is 154 Å². The first-order valence-electron chi connectivity index (χ1n) is 8.87. The van der Waals surface area contributed by atoms with E-state index in [1.165, 1.54) is 13.0 Å². The number of carbonyl (C=O) groups excluding carboxylic acids is 3. The first-order chi connectivity index (χ1) is 12.4. The van der Waals surface area contributed by atoms with Gasteiger partial charge in [-0.25, -0.2) is 0 Å².